The lowest BCUT2D eigenvalue weighted by atomic mass is 10.4. The van der Waals surface area contributed by atoms with E-state index in [-0.39, 0.29) is 29.7 Å². The summed E-state index contributed by atoms with van der Waals surface area (Å²) in [4.78, 5) is 0.269. The summed E-state index contributed by atoms with van der Waals surface area (Å²) in [6.45, 7) is 0.539. The Labute approximate surface area is 106 Å². The Balaban J connectivity index is 2.98. The Morgan fingerprint density at radius 1 is 1.00 bits per heavy atom. The monoisotopic (exact) mass is 281 g/mol. The molecule has 1 rings (SSSR count). The lowest BCUT2D eigenvalue weighted by molar-refractivity contribution is 0.448. The number of rotatable bonds is 6. The molecule has 16 heavy (non-hydrogen) atoms. The Morgan fingerprint density at radius 2 is 1.50 bits per heavy atom. The SMILES string of the molecule is O=S(=O)(c1ccccc1)N(CCCl)CCCl. The number of sulfonamides is 1. The van der Waals surface area contributed by atoms with E-state index in [1.54, 1.807) is 30.3 Å². The summed E-state index contributed by atoms with van der Waals surface area (Å²) in [5, 5.41) is 0. The molecule has 90 valence electrons. The van der Waals surface area contributed by atoms with Crippen LogP contribution in [0.3, 0.4) is 0 Å². The van der Waals surface area contributed by atoms with E-state index in [2.05, 4.69) is 0 Å². The highest BCUT2D eigenvalue weighted by atomic mass is 35.5. The van der Waals surface area contributed by atoms with Crippen LogP contribution in [-0.2, 0) is 10.0 Å². The highest BCUT2D eigenvalue weighted by molar-refractivity contribution is 7.89. The van der Waals surface area contributed by atoms with Crippen LogP contribution in [-0.4, -0.2) is 37.6 Å². The average Bonchev–Trinajstić information content (AvgIpc) is 2.30. The number of benzene rings is 1. The lowest BCUT2D eigenvalue weighted by Gasteiger charge is -2.19. The van der Waals surface area contributed by atoms with Gasteiger partial charge in [-0.05, 0) is 12.1 Å². The highest BCUT2D eigenvalue weighted by Gasteiger charge is 2.22. The molecule has 0 saturated heterocycles. The molecule has 0 bridgehead atoms. The minimum Gasteiger partial charge on any atom is -0.207 e. The van der Waals surface area contributed by atoms with Gasteiger partial charge in [0, 0.05) is 24.8 Å². The second-order valence-corrected chi connectivity index (χ2v) is 5.79. The molecule has 0 radical (unpaired) electrons. The molecule has 0 fully saturated rings. The molecule has 3 nitrogen and oxygen atoms in total. The summed E-state index contributed by atoms with van der Waals surface area (Å²) in [7, 11) is -3.46. The fraction of sp³-hybridized carbons (Fsp3) is 0.400. The van der Waals surface area contributed by atoms with Crippen LogP contribution in [0, 0.1) is 0 Å². The van der Waals surface area contributed by atoms with Crippen LogP contribution in [0.4, 0.5) is 0 Å². The van der Waals surface area contributed by atoms with Crippen LogP contribution in [0.2, 0.25) is 0 Å². The predicted octanol–water partition coefficient (Wildman–Crippen LogP) is 2.15. The first kappa shape index (κ1) is 13.8. The van der Waals surface area contributed by atoms with Crippen molar-refractivity contribution < 1.29 is 8.42 Å². The van der Waals surface area contributed by atoms with Gasteiger partial charge in [0.1, 0.15) is 0 Å². The molecule has 0 amide bonds. The van der Waals surface area contributed by atoms with Crippen molar-refractivity contribution in [3.63, 3.8) is 0 Å². The smallest absolute Gasteiger partial charge is 0.207 e. The van der Waals surface area contributed by atoms with Crippen molar-refractivity contribution in [3.05, 3.63) is 30.3 Å². The normalized spacial score (nSPS) is 11.9. The van der Waals surface area contributed by atoms with Crippen LogP contribution < -0.4 is 0 Å². The van der Waals surface area contributed by atoms with Gasteiger partial charge in [-0.3, -0.25) is 0 Å². The third-order valence-electron chi connectivity index (χ3n) is 2.05. The van der Waals surface area contributed by atoms with Gasteiger partial charge in [-0.1, -0.05) is 18.2 Å². The Morgan fingerprint density at radius 3 is 1.94 bits per heavy atom. The van der Waals surface area contributed by atoms with Crippen LogP contribution in [0.25, 0.3) is 0 Å². The summed E-state index contributed by atoms with van der Waals surface area (Å²) < 4.78 is 25.5. The van der Waals surface area contributed by atoms with E-state index in [9.17, 15) is 8.42 Å². The molecule has 0 saturated carbocycles. The van der Waals surface area contributed by atoms with E-state index < -0.39 is 10.0 Å². The Kier molecular flexibility index (Phi) is 5.55. The number of halogens is 2. The number of nitrogens with zero attached hydrogens (tertiary/aromatic N) is 1. The zero-order chi connectivity index (χ0) is 12.0. The maximum Gasteiger partial charge on any atom is 0.243 e. The van der Waals surface area contributed by atoms with Gasteiger partial charge in [-0.25, -0.2) is 8.42 Å². The van der Waals surface area contributed by atoms with Crippen LogP contribution in [0.5, 0.6) is 0 Å². The first-order chi connectivity index (χ1) is 7.62. The zero-order valence-corrected chi connectivity index (χ0v) is 11.0. The fourth-order valence-electron chi connectivity index (χ4n) is 1.28. The molecule has 0 spiro atoms. The molecule has 1 aromatic rings. The molecule has 0 aliphatic rings. The molecule has 0 unspecified atom stereocenters. The maximum absolute atomic E-state index is 12.1. The second-order valence-electron chi connectivity index (χ2n) is 3.10. The minimum absolute atomic E-state index is 0.253. The van der Waals surface area contributed by atoms with E-state index in [0.29, 0.717) is 0 Å². The lowest BCUT2D eigenvalue weighted by Crippen LogP contribution is -2.34. The van der Waals surface area contributed by atoms with Crippen molar-refractivity contribution in [2.75, 3.05) is 24.8 Å². The largest absolute Gasteiger partial charge is 0.243 e. The standard InChI is InChI=1S/C10H13Cl2NO2S/c11-6-8-13(9-7-12)16(14,15)10-4-2-1-3-5-10/h1-5H,6-9H2. The first-order valence-electron chi connectivity index (χ1n) is 4.80. The van der Waals surface area contributed by atoms with E-state index in [0.717, 1.165) is 0 Å². The number of hydrogen-bond donors (Lipinski definition) is 0. The Hall–Kier alpha value is -0.290. The van der Waals surface area contributed by atoms with Crippen molar-refractivity contribution in [1.82, 2.24) is 4.31 Å². The molecule has 0 aliphatic heterocycles. The molecule has 0 N–H and O–H groups in total. The summed E-state index contributed by atoms with van der Waals surface area (Å²) in [5.41, 5.74) is 0. The van der Waals surface area contributed by atoms with Crippen molar-refractivity contribution in [2.45, 2.75) is 4.90 Å². The van der Waals surface area contributed by atoms with Gasteiger partial charge in [-0.15, -0.1) is 23.2 Å². The first-order valence-corrected chi connectivity index (χ1v) is 7.31. The number of hydrogen-bond acceptors (Lipinski definition) is 2. The van der Waals surface area contributed by atoms with Crippen LogP contribution >= 0.6 is 23.2 Å². The Bertz CT molecular complexity index is 402. The van der Waals surface area contributed by atoms with Crippen LogP contribution in [0.1, 0.15) is 0 Å². The molecule has 0 atom stereocenters. The molecule has 6 heteroatoms. The van der Waals surface area contributed by atoms with Gasteiger partial charge in [0.25, 0.3) is 0 Å². The van der Waals surface area contributed by atoms with E-state index in [1.165, 1.54) is 4.31 Å². The number of alkyl halides is 2. The van der Waals surface area contributed by atoms with Gasteiger partial charge in [0.05, 0.1) is 4.90 Å². The minimum atomic E-state index is -3.46. The van der Waals surface area contributed by atoms with Crippen LogP contribution in [0.15, 0.2) is 35.2 Å². The maximum atomic E-state index is 12.1. The second kappa shape index (κ2) is 6.45. The third kappa shape index (κ3) is 3.35. The van der Waals surface area contributed by atoms with Gasteiger partial charge < -0.3 is 0 Å². The quantitative estimate of drug-likeness (QED) is 0.750. The van der Waals surface area contributed by atoms with Gasteiger partial charge in [0.15, 0.2) is 0 Å². The zero-order valence-electron chi connectivity index (χ0n) is 8.64. The summed E-state index contributed by atoms with van der Waals surface area (Å²) in [6, 6.07) is 8.26. The van der Waals surface area contributed by atoms with Crippen molar-refractivity contribution in [3.8, 4) is 0 Å². The van der Waals surface area contributed by atoms with Gasteiger partial charge >= 0.3 is 0 Å². The molecule has 0 aliphatic carbocycles. The molecular weight excluding hydrogens is 269 g/mol. The summed E-state index contributed by atoms with van der Waals surface area (Å²) >= 11 is 11.2. The summed E-state index contributed by atoms with van der Waals surface area (Å²) in [5.74, 6) is 0.506. The topological polar surface area (TPSA) is 37.4 Å². The predicted molar refractivity (Wildman–Crippen MR) is 66.6 cm³/mol. The average molecular weight is 282 g/mol. The van der Waals surface area contributed by atoms with Crippen molar-refractivity contribution in [1.29, 1.82) is 0 Å². The summed E-state index contributed by atoms with van der Waals surface area (Å²) in [6.07, 6.45) is 0. The van der Waals surface area contributed by atoms with Crippen molar-refractivity contribution in [2.24, 2.45) is 0 Å². The molecule has 0 aromatic heterocycles. The third-order valence-corrected chi connectivity index (χ3v) is 4.30. The van der Waals surface area contributed by atoms with Crippen molar-refractivity contribution >= 4 is 33.2 Å². The molecule has 0 heterocycles. The van der Waals surface area contributed by atoms with E-state index in [4.69, 9.17) is 23.2 Å². The van der Waals surface area contributed by atoms with Gasteiger partial charge in [-0.2, -0.15) is 4.31 Å². The fourth-order valence-corrected chi connectivity index (χ4v) is 3.35. The van der Waals surface area contributed by atoms with E-state index >= 15 is 0 Å². The molecule has 1 aromatic carbocycles. The van der Waals surface area contributed by atoms with E-state index in [1.807, 2.05) is 0 Å². The highest BCUT2D eigenvalue weighted by Crippen LogP contribution is 2.14. The van der Waals surface area contributed by atoms with Gasteiger partial charge in [0.2, 0.25) is 10.0 Å². The molecular formula is C10H13Cl2NO2S.